The number of nitrogens with one attached hydrogen (secondary N) is 1. The molecular formula is C16H27NO. The van der Waals surface area contributed by atoms with Gasteiger partial charge in [0.25, 0.3) is 0 Å². The number of hydrogen-bond acceptors (Lipinski definition) is 2. The van der Waals surface area contributed by atoms with Crippen LogP contribution in [0.25, 0.3) is 0 Å². The van der Waals surface area contributed by atoms with Crippen LogP contribution >= 0.6 is 0 Å². The van der Waals surface area contributed by atoms with E-state index in [9.17, 15) is 0 Å². The standard InChI is InChI=1S/C16H27NO/c1-5-14-7-6-8-15(10-14)17-12(3)16-9-11(2)18-13(16)4/h9,12,14-15,17H,5-8,10H2,1-4H3. The highest BCUT2D eigenvalue weighted by molar-refractivity contribution is 5.23. The Morgan fingerprint density at radius 2 is 2.17 bits per heavy atom. The largest absolute Gasteiger partial charge is 0.466 e. The Bertz CT molecular complexity index is 382. The van der Waals surface area contributed by atoms with Crippen molar-refractivity contribution in [3.8, 4) is 0 Å². The minimum atomic E-state index is 0.406. The van der Waals surface area contributed by atoms with Crippen molar-refractivity contribution in [2.45, 2.75) is 71.9 Å². The summed E-state index contributed by atoms with van der Waals surface area (Å²) in [5, 5.41) is 3.79. The highest BCUT2D eigenvalue weighted by Crippen LogP contribution is 2.29. The third kappa shape index (κ3) is 3.17. The predicted octanol–water partition coefficient (Wildman–Crippen LogP) is 4.52. The van der Waals surface area contributed by atoms with Gasteiger partial charge in [-0.1, -0.05) is 26.2 Å². The molecule has 1 aromatic rings. The molecule has 1 saturated carbocycles. The van der Waals surface area contributed by atoms with E-state index < -0.39 is 0 Å². The van der Waals surface area contributed by atoms with Crippen LogP contribution < -0.4 is 5.32 Å². The van der Waals surface area contributed by atoms with E-state index in [4.69, 9.17) is 4.42 Å². The zero-order chi connectivity index (χ0) is 13.1. The molecule has 102 valence electrons. The lowest BCUT2D eigenvalue weighted by Crippen LogP contribution is -2.35. The van der Waals surface area contributed by atoms with Gasteiger partial charge in [-0.15, -0.1) is 0 Å². The van der Waals surface area contributed by atoms with Crippen molar-refractivity contribution < 1.29 is 4.42 Å². The molecule has 3 unspecified atom stereocenters. The Balaban J connectivity index is 1.94. The van der Waals surface area contributed by atoms with Crippen LogP contribution in [0.2, 0.25) is 0 Å². The highest BCUT2D eigenvalue weighted by Gasteiger charge is 2.23. The third-order valence-electron chi connectivity index (χ3n) is 4.39. The second kappa shape index (κ2) is 5.92. The minimum Gasteiger partial charge on any atom is -0.466 e. The van der Waals surface area contributed by atoms with Crippen LogP contribution in [-0.4, -0.2) is 6.04 Å². The predicted molar refractivity (Wildman–Crippen MR) is 75.8 cm³/mol. The van der Waals surface area contributed by atoms with Crippen LogP contribution in [0.15, 0.2) is 10.5 Å². The third-order valence-corrected chi connectivity index (χ3v) is 4.39. The Kier molecular flexibility index (Phi) is 4.50. The van der Waals surface area contributed by atoms with Crippen LogP contribution in [-0.2, 0) is 0 Å². The van der Waals surface area contributed by atoms with Crippen molar-refractivity contribution in [2.24, 2.45) is 5.92 Å². The van der Waals surface area contributed by atoms with E-state index in [1.54, 1.807) is 0 Å². The summed E-state index contributed by atoms with van der Waals surface area (Å²) in [7, 11) is 0. The second-order valence-corrected chi connectivity index (χ2v) is 5.89. The minimum absolute atomic E-state index is 0.406. The van der Waals surface area contributed by atoms with Crippen molar-refractivity contribution in [3.05, 3.63) is 23.2 Å². The maximum Gasteiger partial charge on any atom is 0.105 e. The van der Waals surface area contributed by atoms with Crippen molar-refractivity contribution in [1.29, 1.82) is 0 Å². The molecule has 1 N–H and O–H groups in total. The highest BCUT2D eigenvalue weighted by atomic mass is 16.3. The van der Waals surface area contributed by atoms with E-state index in [1.165, 1.54) is 37.7 Å². The summed E-state index contributed by atoms with van der Waals surface area (Å²) in [6, 6.07) is 3.27. The molecule has 0 spiro atoms. The van der Waals surface area contributed by atoms with Gasteiger partial charge in [-0.2, -0.15) is 0 Å². The van der Waals surface area contributed by atoms with Crippen LogP contribution in [0.1, 0.15) is 69.1 Å². The average molecular weight is 249 g/mol. The van der Waals surface area contributed by atoms with Gasteiger partial charge in [0.2, 0.25) is 0 Å². The summed E-state index contributed by atoms with van der Waals surface area (Å²) < 4.78 is 5.63. The Morgan fingerprint density at radius 3 is 2.78 bits per heavy atom. The topological polar surface area (TPSA) is 25.2 Å². The van der Waals surface area contributed by atoms with E-state index in [1.807, 2.05) is 6.92 Å². The molecule has 0 aliphatic heterocycles. The van der Waals surface area contributed by atoms with Crippen molar-refractivity contribution in [1.82, 2.24) is 5.32 Å². The Morgan fingerprint density at radius 1 is 1.39 bits per heavy atom. The van der Waals surface area contributed by atoms with Gasteiger partial charge in [0.05, 0.1) is 0 Å². The average Bonchev–Trinajstić information content (AvgIpc) is 2.69. The summed E-state index contributed by atoms with van der Waals surface area (Å²) in [6.45, 7) is 8.67. The van der Waals surface area contributed by atoms with E-state index in [0.717, 1.165) is 17.4 Å². The number of furan rings is 1. The number of rotatable bonds is 4. The van der Waals surface area contributed by atoms with E-state index in [0.29, 0.717) is 12.1 Å². The van der Waals surface area contributed by atoms with Crippen molar-refractivity contribution in [3.63, 3.8) is 0 Å². The van der Waals surface area contributed by atoms with Gasteiger partial charge in [-0.3, -0.25) is 0 Å². The molecule has 0 amide bonds. The van der Waals surface area contributed by atoms with Gasteiger partial charge in [0.15, 0.2) is 0 Å². The smallest absolute Gasteiger partial charge is 0.105 e. The lowest BCUT2D eigenvalue weighted by atomic mass is 9.84. The van der Waals surface area contributed by atoms with Gasteiger partial charge in [-0.05, 0) is 45.6 Å². The molecule has 18 heavy (non-hydrogen) atoms. The summed E-state index contributed by atoms with van der Waals surface area (Å²) in [6.07, 6.45) is 6.81. The summed E-state index contributed by atoms with van der Waals surface area (Å²) in [4.78, 5) is 0. The molecule has 2 nitrogen and oxygen atoms in total. The van der Waals surface area contributed by atoms with Crippen molar-refractivity contribution >= 4 is 0 Å². The monoisotopic (exact) mass is 249 g/mol. The fraction of sp³-hybridized carbons (Fsp3) is 0.750. The maximum absolute atomic E-state index is 5.63. The van der Waals surface area contributed by atoms with Crippen LogP contribution in [0.3, 0.4) is 0 Å². The first-order valence-corrected chi connectivity index (χ1v) is 7.43. The molecule has 1 fully saturated rings. The second-order valence-electron chi connectivity index (χ2n) is 5.89. The fourth-order valence-electron chi connectivity index (χ4n) is 3.34. The summed E-state index contributed by atoms with van der Waals surface area (Å²) >= 11 is 0. The van der Waals surface area contributed by atoms with E-state index in [2.05, 4.69) is 32.2 Å². The quantitative estimate of drug-likeness (QED) is 0.849. The molecule has 2 rings (SSSR count). The molecule has 0 saturated heterocycles. The van der Waals surface area contributed by atoms with E-state index in [-0.39, 0.29) is 0 Å². The van der Waals surface area contributed by atoms with Crippen LogP contribution in [0.4, 0.5) is 0 Å². The number of aryl methyl sites for hydroxylation is 2. The molecule has 1 aliphatic rings. The molecular weight excluding hydrogens is 222 g/mol. The summed E-state index contributed by atoms with van der Waals surface area (Å²) in [5.74, 6) is 3.01. The fourth-order valence-corrected chi connectivity index (χ4v) is 3.34. The normalized spacial score (nSPS) is 26.2. The molecule has 2 heteroatoms. The van der Waals surface area contributed by atoms with Gasteiger partial charge in [-0.25, -0.2) is 0 Å². The first-order chi connectivity index (χ1) is 8.60. The lowest BCUT2D eigenvalue weighted by Gasteiger charge is -2.31. The maximum atomic E-state index is 5.63. The van der Waals surface area contributed by atoms with E-state index >= 15 is 0 Å². The molecule has 1 heterocycles. The molecule has 0 bridgehead atoms. The molecule has 0 aromatic carbocycles. The Hall–Kier alpha value is -0.760. The molecule has 1 aromatic heterocycles. The molecule has 1 aliphatic carbocycles. The zero-order valence-electron chi connectivity index (χ0n) is 12.3. The van der Waals surface area contributed by atoms with Gasteiger partial charge >= 0.3 is 0 Å². The van der Waals surface area contributed by atoms with Gasteiger partial charge in [0.1, 0.15) is 11.5 Å². The summed E-state index contributed by atoms with van der Waals surface area (Å²) in [5.41, 5.74) is 1.33. The van der Waals surface area contributed by atoms with Crippen LogP contribution in [0.5, 0.6) is 0 Å². The first kappa shape index (κ1) is 13.7. The van der Waals surface area contributed by atoms with Gasteiger partial charge in [0, 0.05) is 17.6 Å². The Labute approximate surface area is 111 Å². The van der Waals surface area contributed by atoms with Gasteiger partial charge < -0.3 is 9.73 Å². The SMILES string of the molecule is CCC1CCCC(NC(C)c2cc(C)oc2C)C1. The van der Waals surface area contributed by atoms with Crippen LogP contribution in [0, 0.1) is 19.8 Å². The molecule has 3 atom stereocenters. The lowest BCUT2D eigenvalue weighted by molar-refractivity contribution is 0.265. The molecule has 0 radical (unpaired) electrons. The number of hydrogen-bond donors (Lipinski definition) is 1. The van der Waals surface area contributed by atoms with Crippen molar-refractivity contribution in [2.75, 3.05) is 0 Å². The zero-order valence-corrected chi connectivity index (χ0v) is 12.3. The first-order valence-electron chi connectivity index (χ1n) is 7.43.